The number of thiazole rings is 1. The summed E-state index contributed by atoms with van der Waals surface area (Å²) >= 11 is 7.34. The summed E-state index contributed by atoms with van der Waals surface area (Å²) in [5.74, 6) is 0.216. The molecular formula is C17H26ClN5O2S. The summed E-state index contributed by atoms with van der Waals surface area (Å²) in [4.78, 5) is 15.0. The third kappa shape index (κ3) is 7.51. The Kier molecular flexibility index (Phi) is 9.21. The number of rotatable bonds is 1. The van der Waals surface area contributed by atoms with Crippen molar-refractivity contribution in [1.82, 2.24) is 19.9 Å². The Bertz CT molecular complexity index is 632. The lowest BCUT2D eigenvalue weighted by molar-refractivity contribution is -0.00535. The minimum Gasteiger partial charge on any atom is -0.391 e. The smallest absolute Gasteiger partial charge is 0.220 e. The van der Waals surface area contributed by atoms with Gasteiger partial charge >= 0.3 is 0 Å². The lowest BCUT2D eigenvalue weighted by Gasteiger charge is -2.15. The summed E-state index contributed by atoms with van der Waals surface area (Å²) in [6.45, 7) is 4.01. The van der Waals surface area contributed by atoms with Gasteiger partial charge < -0.3 is 20.5 Å². The van der Waals surface area contributed by atoms with E-state index in [1.54, 1.807) is 11.7 Å². The van der Waals surface area contributed by atoms with Gasteiger partial charge in [0.25, 0.3) is 0 Å². The molecule has 0 spiro atoms. The van der Waals surface area contributed by atoms with E-state index >= 15 is 0 Å². The van der Waals surface area contributed by atoms with E-state index in [4.69, 9.17) is 27.2 Å². The molecule has 1 atom stereocenters. The van der Waals surface area contributed by atoms with E-state index < -0.39 is 0 Å². The van der Waals surface area contributed by atoms with E-state index in [0.717, 1.165) is 24.3 Å². The minimum absolute atomic E-state index is 0.186. The van der Waals surface area contributed by atoms with Gasteiger partial charge in [0.1, 0.15) is 5.69 Å². The standard InChI is InChI=1S/C7H5ClN4S.C5H11N.C5H10O2/c8-4-1-11-7(9)12-6(4)5-2-10-3-13-5;1-6-4-2-3-5-6;6-5-2-1-3-7-4-5/h1-3H,(H2,9,11,12);2-5H2,1H3;5-6H,1-4H2. The van der Waals surface area contributed by atoms with Crippen LogP contribution in [0.3, 0.4) is 0 Å². The third-order valence-electron chi connectivity index (χ3n) is 3.89. The molecule has 0 radical (unpaired) electrons. The number of ether oxygens (including phenoxy) is 1. The normalized spacial score (nSPS) is 19.9. The largest absolute Gasteiger partial charge is 0.391 e. The maximum Gasteiger partial charge on any atom is 0.220 e. The summed E-state index contributed by atoms with van der Waals surface area (Å²) < 4.78 is 4.93. The van der Waals surface area contributed by atoms with Gasteiger partial charge in [0.15, 0.2) is 0 Å². The Balaban J connectivity index is 0.000000157. The summed E-state index contributed by atoms with van der Waals surface area (Å²) in [6, 6.07) is 0. The molecule has 0 amide bonds. The molecule has 0 aliphatic carbocycles. The molecule has 9 heteroatoms. The van der Waals surface area contributed by atoms with Crippen LogP contribution < -0.4 is 5.73 Å². The molecule has 2 fully saturated rings. The van der Waals surface area contributed by atoms with Gasteiger partial charge in [-0.15, -0.1) is 11.3 Å². The van der Waals surface area contributed by atoms with Crippen LogP contribution in [0.5, 0.6) is 0 Å². The first kappa shape index (κ1) is 21.0. The zero-order valence-corrected chi connectivity index (χ0v) is 16.5. The van der Waals surface area contributed by atoms with Gasteiger partial charge in [-0.3, -0.25) is 4.98 Å². The lowest BCUT2D eigenvalue weighted by atomic mass is 10.2. The van der Waals surface area contributed by atoms with Crippen molar-refractivity contribution in [2.75, 3.05) is 39.1 Å². The molecule has 2 aliphatic heterocycles. The average molecular weight is 400 g/mol. The van der Waals surface area contributed by atoms with Crippen LogP contribution in [-0.2, 0) is 4.74 Å². The molecule has 0 bridgehead atoms. The molecule has 7 nitrogen and oxygen atoms in total. The highest BCUT2D eigenvalue weighted by Gasteiger charge is 2.08. The maximum atomic E-state index is 8.78. The fourth-order valence-electron chi connectivity index (χ4n) is 2.49. The van der Waals surface area contributed by atoms with Crippen LogP contribution in [0.1, 0.15) is 25.7 Å². The quantitative estimate of drug-likeness (QED) is 0.760. The molecule has 4 rings (SSSR count). The van der Waals surface area contributed by atoms with E-state index in [1.807, 2.05) is 0 Å². The molecule has 2 aliphatic rings. The molecule has 2 aromatic rings. The summed E-state index contributed by atoms with van der Waals surface area (Å²) in [6.07, 6.45) is 7.75. The number of nitrogens with zero attached hydrogens (tertiary/aromatic N) is 4. The van der Waals surface area contributed by atoms with Crippen molar-refractivity contribution in [2.45, 2.75) is 31.8 Å². The number of nitrogens with two attached hydrogens (primary N) is 1. The number of hydrogen-bond donors (Lipinski definition) is 2. The number of halogens is 1. The van der Waals surface area contributed by atoms with Crippen molar-refractivity contribution in [3.8, 4) is 10.6 Å². The van der Waals surface area contributed by atoms with Crippen LogP contribution in [0.2, 0.25) is 5.02 Å². The van der Waals surface area contributed by atoms with Crippen molar-refractivity contribution in [1.29, 1.82) is 0 Å². The molecule has 4 heterocycles. The van der Waals surface area contributed by atoms with E-state index in [9.17, 15) is 0 Å². The predicted molar refractivity (Wildman–Crippen MR) is 105 cm³/mol. The molecule has 1 unspecified atom stereocenters. The van der Waals surface area contributed by atoms with Gasteiger partial charge in [0, 0.05) is 12.8 Å². The average Bonchev–Trinajstić information content (AvgIpc) is 3.33. The second-order valence-corrected chi connectivity index (χ2v) is 7.47. The van der Waals surface area contributed by atoms with Crippen LogP contribution in [0.25, 0.3) is 10.6 Å². The minimum atomic E-state index is -0.186. The van der Waals surface area contributed by atoms with Gasteiger partial charge in [-0.05, 0) is 45.8 Å². The zero-order chi connectivity index (χ0) is 18.8. The fourth-order valence-corrected chi connectivity index (χ4v) is 3.36. The lowest BCUT2D eigenvalue weighted by Crippen LogP contribution is -2.21. The first-order valence-electron chi connectivity index (χ1n) is 8.67. The number of aliphatic hydroxyl groups is 1. The number of aliphatic hydroxyl groups excluding tert-OH is 1. The van der Waals surface area contributed by atoms with Gasteiger partial charge in [-0.1, -0.05) is 11.6 Å². The van der Waals surface area contributed by atoms with Crippen molar-refractivity contribution >= 4 is 28.9 Å². The molecule has 3 N–H and O–H groups in total. The maximum absolute atomic E-state index is 8.78. The highest BCUT2D eigenvalue weighted by atomic mass is 35.5. The van der Waals surface area contributed by atoms with E-state index in [-0.39, 0.29) is 12.1 Å². The predicted octanol–water partition coefficient (Wildman–Crippen LogP) is 2.71. The van der Waals surface area contributed by atoms with Crippen molar-refractivity contribution in [3.05, 3.63) is 22.9 Å². The molecule has 2 saturated heterocycles. The van der Waals surface area contributed by atoms with Crippen molar-refractivity contribution in [3.63, 3.8) is 0 Å². The summed E-state index contributed by atoms with van der Waals surface area (Å²) in [5.41, 5.74) is 7.78. The third-order valence-corrected chi connectivity index (χ3v) is 4.95. The molecule has 144 valence electrons. The SMILES string of the molecule is CN1CCCC1.Nc1ncc(Cl)c(-c2cncs2)n1.OC1CCCOC1. The highest BCUT2D eigenvalue weighted by molar-refractivity contribution is 7.13. The molecular weight excluding hydrogens is 374 g/mol. The first-order valence-corrected chi connectivity index (χ1v) is 9.93. The number of aromatic nitrogens is 3. The number of anilines is 1. The summed E-state index contributed by atoms with van der Waals surface area (Å²) in [5, 5.41) is 9.27. The van der Waals surface area contributed by atoms with Crippen LogP contribution in [-0.4, -0.2) is 64.4 Å². The summed E-state index contributed by atoms with van der Waals surface area (Å²) in [7, 11) is 2.17. The van der Waals surface area contributed by atoms with Crippen molar-refractivity contribution in [2.24, 2.45) is 0 Å². The van der Waals surface area contributed by atoms with Crippen LogP contribution >= 0.6 is 22.9 Å². The van der Waals surface area contributed by atoms with Crippen molar-refractivity contribution < 1.29 is 9.84 Å². The Morgan fingerprint density at radius 3 is 2.54 bits per heavy atom. The number of hydrogen-bond acceptors (Lipinski definition) is 8. The van der Waals surface area contributed by atoms with Gasteiger partial charge in [-0.2, -0.15) is 0 Å². The second-order valence-electron chi connectivity index (χ2n) is 6.17. The van der Waals surface area contributed by atoms with Crippen LogP contribution in [0.4, 0.5) is 5.95 Å². The van der Waals surface area contributed by atoms with Crippen LogP contribution in [0, 0.1) is 0 Å². The van der Waals surface area contributed by atoms with Gasteiger partial charge in [0.2, 0.25) is 5.95 Å². The number of likely N-dealkylation sites (tertiary alicyclic amines) is 1. The molecule has 0 saturated carbocycles. The number of nitrogen functional groups attached to an aromatic ring is 1. The molecule has 2 aromatic heterocycles. The van der Waals surface area contributed by atoms with Crippen LogP contribution in [0.15, 0.2) is 17.9 Å². The van der Waals surface area contributed by atoms with E-state index in [0.29, 0.717) is 17.3 Å². The topological polar surface area (TPSA) is 97.4 Å². The van der Waals surface area contributed by atoms with Gasteiger partial charge in [-0.25, -0.2) is 9.97 Å². The second kappa shape index (κ2) is 11.4. The Labute approximate surface area is 163 Å². The Morgan fingerprint density at radius 1 is 1.31 bits per heavy atom. The van der Waals surface area contributed by atoms with Gasteiger partial charge in [0.05, 0.1) is 34.3 Å². The first-order chi connectivity index (χ1) is 12.6. The highest BCUT2D eigenvalue weighted by Crippen LogP contribution is 2.27. The fraction of sp³-hybridized carbons (Fsp3) is 0.588. The Hall–Kier alpha value is -1.32. The van der Waals surface area contributed by atoms with E-state index in [1.165, 1.54) is 43.5 Å². The molecule has 0 aromatic carbocycles. The Morgan fingerprint density at radius 2 is 2.08 bits per heavy atom. The molecule has 26 heavy (non-hydrogen) atoms. The monoisotopic (exact) mass is 399 g/mol. The zero-order valence-electron chi connectivity index (χ0n) is 15.0. The van der Waals surface area contributed by atoms with E-state index in [2.05, 4.69) is 26.9 Å².